The number of rotatable bonds is 7. The van der Waals surface area contributed by atoms with Crippen LogP contribution in [-0.2, 0) is 13.0 Å². The van der Waals surface area contributed by atoms with E-state index in [9.17, 15) is 0 Å². The van der Waals surface area contributed by atoms with Crippen LogP contribution >= 0.6 is 11.3 Å². The number of hydrogen-bond acceptors (Lipinski definition) is 5. The van der Waals surface area contributed by atoms with E-state index in [-0.39, 0.29) is 0 Å². The monoisotopic (exact) mass is 315 g/mol. The van der Waals surface area contributed by atoms with Crippen LogP contribution in [0.2, 0.25) is 0 Å². The number of aryl methyl sites for hydroxylation is 3. The van der Waals surface area contributed by atoms with Gasteiger partial charge in [0.05, 0.1) is 5.39 Å². The molecule has 3 rings (SSSR count). The first kappa shape index (κ1) is 15.0. The molecule has 0 amide bonds. The minimum Gasteiger partial charge on any atom is -0.369 e. The van der Waals surface area contributed by atoms with Crippen LogP contribution in [0.5, 0.6) is 0 Å². The third-order valence-electron chi connectivity index (χ3n) is 3.73. The van der Waals surface area contributed by atoms with Gasteiger partial charge < -0.3 is 9.88 Å². The van der Waals surface area contributed by atoms with Crippen LogP contribution in [0.25, 0.3) is 10.2 Å². The predicted octanol–water partition coefficient (Wildman–Crippen LogP) is 3.65. The minimum atomic E-state index is 0.864. The Morgan fingerprint density at radius 3 is 2.95 bits per heavy atom. The zero-order valence-corrected chi connectivity index (χ0v) is 13.9. The van der Waals surface area contributed by atoms with Crippen molar-refractivity contribution in [3.05, 3.63) is 35.5 Å². The van der Waals surface area contributed by atoms with Gasteiger partial charge >= 0.3 is 0 Å². The second kappa shape index (κ2) is 6.87. The molecular weight excluding hydrogens is 294 g/mol. The van der Waals surface area contributed by atoms with Gasteiger partial charge in [0.2, 0.25) is 0 Å². The van der Waals surface area contributed by atoms with Crippen LogP contribution in [0.4, 0.5) is 5.82 Å². The first-order valence-electron chi connectivity index (χ1n) is 7.73. The molecule has 0 atom stereocenters. The van der Waals surface area contributed by atoms with Crippen molar-refractivity contribution in [1.82, 2.24) is 19.5 Å². The van der Waals surface area contributed by atoms with E-state index in [1.165, 1.54) is 0 Å². The van der Waals surface area contributed by atoms with Crippen molar-refractivity contribution in [2.75, 3.05) is 11.9 Å². The van der Waals surface area contributed by atoms with E-state index in [1.54, 1.807) is 11.3 Å². The number of nitrogens with one attached hydrogen (secondary N) is 1. The van der Waals surface area contributed by atoms with Crippen LogP contribution in [0.1, 0.15) is 31.4 Å². The topological polar surface area (TPSA) is 55.6 Å². The molecule has 3 aromatic rings. The first-order chi connectivity index (χ1) is 10.8. The normalized spacial score (nSPS) is 11.2. The summed E-state index contributed by atoms with van der Waals surface area (Å²) in [6, 6.07) is 2.09. The maximum Gasteiger partial charge on any atom is 0.138 e. The summed E-state index contributed by atoms with van der Waals surface area (Å²) in [5.41, 5.74) is 0. The summed E-state index contributed by atoms with van der Waals surface area (Å²) in [7, 11) is 0. The fourth-order valence-corrected chi connectivity index (χ4v) is 3.23. The second-order valence-corrected chi connectivity index (χ2v) is 6.18. The number of unbranched alkanes of at least 4 members (excludes halogenated alkanes) is 1. The lowest BCUT2D eigenvalue weighted by Gasteiger charge is -2.09. The number of nitrogens with zero attached hydrogens (tertiary/aromatic N) is 4. The van der Waals surface area contributed by atoms with Crippen molar-refractivity contribution < 1.29 is 0 Å². The van der Waals surface area contributed by atoms with E-state index in [0.29, 0.717) is 0 Å². The summed E-state index contributed by atoms with van der Waals surface area (Å²) in [6.45, 7) is 6.08. The molecule has 0 unspecified atom stereocenters. The zero-order chi connectivity index (χ0) is 15.4. The largest absolute Gasteiger partial charge is 0.369 e. The van der Waals surface area contributed by atoms with Gasteiger partial charge in [-0.3, -0.25) is 0 Å². The summed E-state index contributed by atoms with van der Waals surface area (Å²) >= 11 is 1.67. The van der Waals surface area contributed by atoms with E-state index in [2.05, 4.69) is 43.2 Å². The Morgan fingerprint density at radius 2 is 2.18 bits per heavy atom. The number of aromatic nitrogens is 4. The molecule has 0 spiro atoms. The third-order valence-corrected chi connectivity index (χ3v) is 4.54. The molecule has 0 radical (unpaired) electrons. The Hall–Kier alpha value is -1.95. The van der Waals surface area contributed by atoms with Crippen molar-refractivity contribution in [2.45, 2.75) is 39.7 Å². The SMILES string of the molecule is CCc1nc(NCCCCn2ccnc2C)c2ccsc2n1. The number of imidazole rings is 1. The molecule has 0 bridgehead atoms. The van der Waals surface area contributed by atoms with Crippen molar-refractivity contribution in [3.63, 3.8) is 0 Å². The summed E-state index contributed by atoms with van der Waals surface area (Å²) < 4.78 is 2.19. The Morgan fingerprint density at radius 1 is 1.27 bits per heavy atom. The number of fused-ring (bicyclic) bond motifs is 1. The molecule has 0 saturated heterocycles. The van der Waals surface area contributed by atoms with Crippen LogP contribution in [-0.4, -0.2) is 26.1 Å². The van der Waals surface area contributed by atoms with Gasteiger partial charge in [-0.25, -0.2) is 15.0 Å². The summed E-state index contributed by atoms with van der Waals surface area (Å²) in [5, 5.41) is 6.68. The van der Waals surface area contributed by atoms with Gasteiger partial charge in [0.1, 0.15) is 22.3 Å². The smallest absolute Gasteiger partial charge is 0.138 e. The second-order valence-electron chi connectivity index (χ2n) is 5.28. The highest BCUT2D eigenvalue weighted by Crippen LogP contribution is 2.25. The fraction of sp³-hybridized carbons (Fsp3) is 0.438. The van der Waals surface area contributed by atoms with Crippen molar-refractivity contribution >= 4 is 27.4 Å². The van der Waals surface area contributed by atoms with Crippen molar-refractivity contribution in [3.8, 4) is 0 Å². The van der Waals surface area contributed by atoms with Crippen LogP contribution in [0.3, 0.4) is 0 Å². The molecule has 116 valence electrons. The van der Waals surface area contributed by atoms with Crippen LogP contribution in [0, 0.1) is 6.92 Å². The molecule has 0 aliphatic carbocycles. The van der Waals surface area contributed by atoms with Crippen molar-refractivity contribution in [1.29, 1.82) is 0 Å². The molecule has 3 heterocycles. The molecule has 0 saturated carbocycles. The van der Waals surface area contributed by atoms with E-state index < -0.39 is 0 Å². The van der Waals surface area contributed by atoms with Gasteiger partial charge in [-0.2, -0.15) is 0 Å². The average molecular weight is 315 g/mol. The standard InChI is InChI=1S/C16H21N5S/c1-3-14-19-15(13-6-11-22-16(13)20-14)18-7-4-5-9-21-10-8-17-12(21)2/h6,8,10-11H,3-5,7,9H2,1-2H3,(H,18,19,20). The highest BCUT2D eigenvalue weighted by Gasteiger charge is 2.07. The van der Waals surface area contributed by atoms with E-state index in [4.69, 9.17) is 0 Å². The van der Waals surface area contributed by atoms with Gasteiger partial charge in [0.25, 0.3) is 0 Å². The molecule has 0 aliphatic heterocycles. The molecule has 0 aromatic carbocycles. The number of thiophene rings is 1. The van der Waals surface area contributed by atoms with Gasteiger partial charge in [0, 0.05) is 31.9 Å². The van der Waals surface area contributed by atoms with E-state index in [1.807, 2.05) is 19.3 Å². The molecule has 22 heavy (non-hydrogen) atoms. The maximum absolute atomic E-state index is 4.62. The van der Waals surface area contributed by atoms with Gasteiger partial charge in [0.15, 0.2) is 0 Å². The maximum atomic E-state index is 4.62. The highest BCUT2D eigenvalue weighted by atomic mass is 32.1. The van der Waals surface area contributed by atoms with Crippen LogP contribution < -0.4 is 5.32 Å². The number of hydrogen-bond donors (Lipinski definition) is 1. The molecule has 6 heteroatoms. The minimum absolute atomic E-state index is 0.864. The van der Waals surface area contributed by atoms with Gasteiger partial charge in [-0.15, -0.1) is 11.3 Å². The predicted molar refractivity (Wildman–Crippen MR) is 91.5 cm³/mol. The van der Waals surface area contributed by atoms with Crippen LogP contribution in [0.15, 0.2) is 23.8 Å². The molecule has 3 aromatic heterocycles. The lowest BCUT2D eigenvalue weighted by Crippen LogP contribution is -2.07. The number of anilines is 1. The van der Waals surface area contributed by atoms with E-state index in [0.717, 1.165) is 60.0 Å². The lowest BCUT2D eigenvalue weighted by molar-refractivity contribution is 0.607. The Kier molecular flexibility index (Phi) is 4.68. The molecule has 0 aliphatic rings. The van der Waals surface area contributed by atoms with Gasteiger partial charge in [-0.05, 0) is 31.2 Å². The summed E-state index contributed by atoms with van der Waals surface area (Å²) in [5.74, 6) is 2.96. The highest BCUT2D eigenvalue weighted by molar-refractivity contribution is 7.16. The fourth-order valence-electron chi connectivity index (χ4n) is 2.45. The summed E-state index contributed by atoms with van der Waals surface area (Å²) in [6.07, 6.45) is 6.99. The quantitative estimate of drug-likeness (QED) is 0.676. The Bertz CT molecular complexity index is 746. The van der Waals surface area contributed by atoms with Crippen molar-refractivity contribution in [2.24, 2.45) is 0 Å². The third kappa shape index (κ3) is 3.27. The average Bonchev–Trinajstić information content (AvgIpc) is 3.15. The molecule has 0 fully saturated rings. The Balaban J connectivity index is 1.55. The van der Waals surface area contributed by atoms with E-state index >= 15 is 0 Å². The Labute approximate surface area is 134 Å². The molecule has 1 N–H and O–H groups in total. The zero-order valence-electron chi connectivity index (χ0n) is 13.0. The molecule has 5 nitrogen and oxygen atoms in total. The van der Waals surface area contributed by atoms with Gasteiger partial charge in [-0.1, -0.05) is 6.92 Å². The lowest BCUT2D eigenvalue weighted by atomic mass is 10.3. The molecular formula is C16H21N5S. The first-order valence-corrected chi connectivity index (χ1v) is 8.61. The summed E-state index contributed by atoms with van der Waals surface area (Å²) in [4.78, 5) is 14.5.